The van der Waals surface area contributed by atoms with Crippen molar-refractivity contribution >= 4 is 10.9 Å². The summed E-state index contributed by atoms with van der Waals surface area (Å²) in [6.07, 6.45) is 5.13. The van der Waals surface area contributed by atoms with E-state index in [4.69, 9.17) is 10.8 Å². The molecule has 21 heavy (non-hydrogen) atoms. The van der Waals surface area contributed by atoms with E-state index in [2.05, 4.69) is 43.5 Å². The molecular weight excluding hydrogens is 258 g/mol. The first-order valence-corrected chi connectivity index (χ1v) is 8.01. The van der Waals surface area contributed by atoms with Crippen molar-refractivity contribution in [2.75, 3.05) is 0 Å². The predicted molar refractivity (Wildman–Crippen MR) is 87.7 cm³/mol. The SMILES string of the molecule is Cc1cc(C(NN)C2CCCC(C)C2)nc2ccccc12. The second-order valence-electron chi connectivity index (χ2n) is 6.56. The number of hydrazine groups is 1. The number of nitrogens with two attached hydrogens (primary N) is 1. The van der Waals surface area contributed by atoms with E-state index in [1.54, 1.807) is 0 Å². The molecule has 0 amide bonds. The van der Waals surface area contributed by atoms with Gasteiger partial charge in [0.25, 0.3) is 0 Å². The molecule has 3 nitrogen and oxygen atoms in total. The molecular formula is C18H25N3. The van der Waals surface area contributed by atoms with Crippen molar-refractivity contribution in [2.24, 2.45) is 17.7 Å². The van der Waals surface area contributed by atoms with Gasteiger partial charge in [-0.1, -0.05) is 38.0 Å². The number of hydrogen-bond acceptors (Lipinski definition) is 3. The van der Waals surface area contributed by atoms with Gasteiger partial charge in [0.15, 0.2) is 0 Å². The summed E-state index contributed by atoms with van der Waals surface area (Å²) in [4.78, 5) is 4.86. The Bertz CT molecular complexity index is 623. The lowest BCUT2D eigenvalue weighted by Crippen LogP contribution is -2.36. The highest BCUT2D eigenvalue weighted by Gasteiger charge is 2.28. The second kappa shape index (κ2) is 6.12. The predicted octanol–water partition coefficient (Wildman–Crippen LogP) is 3.87. The van der Waals surface area contributed by atoms with E-state index in [-0.39, 0.29) is 6.04 Å². The van der Waals surface area contributed by atoms with Crippen LogP contribution in [0.4, 0.5) is 0 Å². The fourth-order valence-electron chi connectivity index (χ4n) is 3.78. The molecule has 3 atom stereocenters. The molecule has 3 N–H and O–H groups in total. The average Bonchev–Trinajstić information content (AvgIpc) is 2.48. The van der Waals surface area contributed by atoms with E-state index in [0.717, 1.165) is 17.1 Å². The number of nitrogens with zero attached hydrogens (tertiary/aromatic N) is 1. The maximum Gasteiger partial charge on any atom is 0.0708 e. The van der Waals surface area contributed by atoms with Gasteiger partial charge in [0, 0.05) is 5.39 Å². The highest BCUT2D eigenvalue weighted by Crippen LogP contribution is 2.37. The van der Waals surface area contributed by atoms with Crippen LogP contribution in [0.15, 0.2) is 30.3 Å². The molecule has 1 fully saturated rings. The van der Waals surface area contributed by atoms with E-state index in [1.165, 1.54) is 36.6 Å². The van der Waals surface area contributed by atoms with E-state index in [9.17, 15) is 0 Å². The van der Waals surface area contributed by atoms with E-state index >= 15 is 0 Å². The minimum Gasteiger partial charge on any atom is -0.271 e. The average molecular weight is 283 g/mol. The van der Waals surface area contributed by atoms with Crippen LogP contribution < -0.4 is 11.3 Å². The number of aromatic nitrogens is 1. The molecule has 0 saturated heterocycles. The van der Waals surface area contributed by atoms with Crippen molar-refractivity contribution in [2.45, 2.75) is 45.6 Å². The van der Waals surface area contributed by atoms with Crippen LogP contribution >= 0.6 is 0 Å². The Labute approximate surface area is 126 Å². The number of hydrogen-bond donors (Lipinski definition) is 2. The van der Waals surface area contributed by atoms with Gasteiger partial charge >= 0.3 is 0 Å². The molecule has 1 aliphatic carbocycles. The summed E-state index contributed by atoms with van der Waals surface area (Å²) < 4.78 is 0. The zero-order valence-corrected chi connectivity index (χ0v) is 13.0. The fourth-order valence-corrected chi connectivity index (χ4v) is 3.78. The smallest absolute Gasteiger partial charge is 0.0708 e. The molecule has 1 heterocycles. The van der Waals surface area contributed by atoms with E-state index in [0.29, 0.717) is 5.92 Å². The molecule has 1 aliphatic rings. The van der Waals surface area contributed by atoms with Gasteiger partial charge in [-0.15, -0.1) is 0 Å². The minimum absolute atomic E-state index is 0.163. The largest absolute Gasteiger partial charge is 0.271 e. The molecule has 1 aromatic carbocycles. The molecule has 2 aromatic rings. The lowest BCUT2D eigenvalue weighted by atomic mass is 9.77. The third-order valence-electron chi connectivity index (χ3n) is 4.89. The Morgan fingerprint density at radius 2 is 2.10 bits per heavy atom. The molecule has 3 unspecified atom stereocenters. The van der Waals surface area contributed by atoms with Gasteiger partial charge in [0.2, 0.25) is 0 Å². The molecule has 3 heteroatoms. The van der Waals surface area contributed by atoms with Gasteiger partial charge in [-0.3, -0.25) is 16.3 Å². The molecule has 0 radical (unpaired) electrons. The van der Waals surface area contributed by atoms with Crippen LogP contribution in [0.1, 0.15) is 49.9 Å². The van der Waals surface area contributed by atoms with Crippen LogP contribution in [-0.4, -0.2) is 4.98 Å². The number of para-hydroxylation sites is 1. The summed E-state index contributed by atoms with van der Waals surface area (Å²) in [5.74, 6) is 7.27. The zero-order valence-electron chi connectivity index (χ0n) is 13.0. The van der Waals surface area contributed by atoms with Crippen molar-refractivity contribution in [3.8, 4) is 0 Å². The Morgan fingerprint density at radius 1 is 1.29 bits per heavy atom. The quantitative estimate of drug-likeness (QED) is 0.664. The first kappa shape index (κ1) is 14.5. The van der Waals surface area contributed by atoms with Crippen LogP contribution in [0, 0.1) is 18.8 Å². The molecule has 0 spiro atoms. The van der Waals surface area contributed by atoms with E-state index in [1.807, 2.05) is 6.07 Å². The number of aryl methyl sites for hydroxylation is 1. The second-order valence-corrected chi connectivity index (χ2v) is 6.56. The van der Waals surface area contributed by atoms with Gasteiger partial charge in [0.1, 0.15) is 0 Å². The fraction of sp³-hybridized carbons (Fsp3) is 0.500. The van der Waals surface area contributed by atoms with Gasteiger partial charge in [-0.25, -0.2) is 0 Å². The van der Waals surface area contributed by atoms with Crippen molar-refractivity contribution in [3.63, 3.8) is 0 Å². The molecule has 112 valence electrons. The van der Waals surface area contributed by atoms with Gasteiger partial charge < -0.3 is 0 Å². The van der Waals surface area contributed by atoms with Crippen LogP contribution in [0.3, 0.4) is 0 Å². The van der Waals surface area contributed by atoms with Crippen LogP contribution in [0.5, 0.6) is 0 Å². The molecule has 3 rings (SSSR count). The van der Waals surface area contributed by atoms with Gasteiger partial charge in [-0.2, -0.15) is 0 Å². The highest BCUT2D eigenvalue weighted by molar-refractivity contribution is 5.82. The summed E-state index contributed by atoms with van der Waals surface area (Å²) in [5.41, 5.74) is 6.47. The maximum atomic E-state index is 5.89. The van der Waals surface area contributed by atoms with Gasteiger partial charge in [-0.05, 0) is 49.3 Å². The normalized spacial score (nSPS) is 24.1. The first-order chi connectivity index (χ1) is 10.2. The third-order valence-corrected chi connectivity index (χ3v) is 4.89. The summed E-state index contributed by atoms with van der Waals surface area (Å²) in [6.45, 7) is 4.50. The summed E-state index contributed by atoms with van der Waals surface area (Å²) in [6, 6.07) is 10.7. The van der Waals surface area contributed by atoms with Crippen molar-refractivity contribution < 1.29 is 0 Å². The molecule has 1 saturated carbocycles. The van der Waals surface area contributed by atoms with Crippen molar-refractivity contribution in [1.82, 2.24) is 10.4 Å². The lowest BCUT2D eigenvalue weighted by molar-refractivity contribution is 0.222. The Hall–Kier alpha value is -1.45. The highest BCUT2D eigenvalue weighted by atomic mass is 15.2. The standard InChI is InChI=1S/C18H25N3/c1-12-6-5-7-14(10-12)18(21-19)17-11-13(2)15-8-3-4-9-16(15)20-17/h3-4,8-9,11-12,14,18,21H,5-7,10,19H2,1-2H3. The number of nitrogens with one attached hydrogen (secondary N) is 1. The Kier molecular flexibility index (Phi) is 4.22. The van der Waals surface area contributed by atoms with Gasteiger partial charge in [0.05, 0.1) is 17.3 Å². The Morgan fingerprint density at radius 3 is 2.86 bits per heavy atom. The van der Waals surface area contributed by atoms with Crippen LogP contribution in [0.25, 0.3) is 10.9 Å². The van der Waals surface area contributed by atoms with Crippen LogP contribution in [-0.2, 0) is 0 Å². The van der Waals surface area contributed by atoms with Crippen LogP contribution in [0.2, 0.25) is 0 Å². The monoisotopic (exact) mass is 283 g/mol. The number of pyridine rings is 1. The minimum atomic E-state index is 0.163. The van der Waals surface area contributed by atoms with E-state index < -0.39 is 0 Å². The van der Waals surface area contributed by atoms with Crippen molar-refractivity contribution in [3.05, 3.63) is 41.6 Å². The third kappa shape index (κ3) is 2.94. The summed E-state index contributed by atoms with van der Waals surface area (Å²) in [7, 11) is 0. The number of fused-ring (bicyclic) bond motifs is 1. The Balaban J connectivity index is 1.96. The molecule has 0 aliphatic heterocycles. The topological polar surface area (TPSA) is 50.9 Å². The van der Waals surface area contributed by atoms with Crippen molar-refractivity contribution in [1.29, 1.82) is 0 Å². The molecule has 1 aromatic heterocycles. The molecule has 0 bridgehead atoms. The summed E-state index contributed by atoms with van der Waals surface area (Å²) >= 11 is 0. The zero-order chi connectivity index (χ0) is 14.8. The maximum absolute atomic E-state index is 5.89. The number of benzene rings is 1. The number of rotatable bonds is 3. The first-order valence-electron chi connectivity index (χ1n) is 8.01. The summed E-state index contributed by atoms with van der Waals surface area (Å²) in [5, 5.41) is 1.23. The lowest BCUT2D eigenvalue weighted by Gasteiger charge is -2.32.